The average Bonchev–Trinajstić information content (AvgIpc) is 3.20. The molecule has 1 amide bonds. The highest BCUT2D eigenvalue weighted by Crippen LogP contribution is 2.36. The van der Waals surface area contributed by atoms with Crippen LogP contribution in [0, 0.1) is 6.92 Å². The van der Waals surface area contributed by atoms with Gasteiger partial charge in [0.05, 0.1) is 5.69 Å². The number of carbonyl (C=O) groups is 1. The van der Waals surface area contributed by atoms with Gasteiger partial charge in [-0.25, -0.2) is 9.67 Å². The fraction of sp³-hybridized carbons (Fsp3) is 0.471. The van der Waals surface area contributed by atoms with Crippen molar-refractivity contribution in [3.8, 4) is 5.69 Å². The second kappa shape index (κ2) is 5.68. The second-order valence-electron chi connectivity index (χ2n) is 6.54. The van der Waals surface area contributed by atoms with Gasteiger partial charge in [0.15, 0.2) is 0 Å². The first-order valence-corrected chi connectivity index (χ1v) is 8.19. The van der Waals surface area contributed by atoms with Crippen LogP contribution in [0.3, 0.4) is 0 Å². The predicted octanol–water partition coefficient (Wildman–Crippen LogP) is 1.19. The lowest BCUT2D eigenvalue weighted by atomic mass is 9.90. The molecule has 4 rings (SSSR count). The van der Waals surface area contributed by atoms with Crippen LogP contribution in [0.1, 0.15) is 30.1 Å². The van der Waals surface area contributed by atoms with Crippen molar-refractivity contribution < 1.29 is 9.53 Å². The molecule has 1 N–H and O–H groups in total. The van der Waals surface area contributed by atoms with Gasteiger partial charge in [0.25, 0.3) is 0 Å². The number of rotatable bonds is 2. The van der Waals surface area contributed by atoms with Crippen LogP contribution in [0.4, 0.5) is 0 Å². The molecule has 0 radical (unpaired) electrons. The van der Waals surface area contributed by atoms with Crippen LogP contribution >= 0.6 is 0 Å². The molecule has 1 spiro atoms. The molecule has 126 valence electrons. The van der Waals surface area contributed by atoms with E-state index in [1.807, 2.05) is 31.0 Å². The lowest BCUT2D eigenvalue weighted by Gasteiger charge is -2.31. The number of hydrogen-bond acceptors (Lipinski definition) is 5. The van der Waals surface area contributed by atoms with Crippen molar-refractivity contribution in [2.75, 3.05) is 20.3 Å². The monoisotopic (exact) mass is 327 g/mol. The summed E-state index contributed by atoms with van der Waals surface area (Å²) in [5, 5.41) is 7.75. The molecule has 1 atom stereocenters. The number of nitrogens with zero attached hydrogens (tertiary/aromatic N) is 4. The number of benzene rings is 1. The first kappa shape index (κ1) is 15.3. The van der Waals surface area contributed by atoms with E-state index < -0.39 is 5.54 Å². The maximum Gasteiger partial charge on any atom is 0.244 e. The predicted molar refractivity (Wildman–Crippen MR) is 87.5 cm³/mol. The summed E-state index contributed by atoms with van der Waals surface area (Å²) in [6.07, 6.45) is 4.54. The van der Waals surface area contributed by atoms with E-state index in [4.69, 9.17) is 4.74 Å². The van der Waals surface area contributed by atoms with Gasteiger partial charge >= 0.3 is 0 Å². The molecule has 2 aromatic rings. The average molecular weight is 327 g/mol. The van der Waals surface area contributed by atoms with Gasteiger partial charge in [0, 0.05) is 20.3 Å². The number of hydrogen-bond donors (Lipinski definition) is 1. The van der Waals surface area contributed by atoms with Gasteiger partial charge in [-0.2, -0.15) is 5.10 Å². The lowest BCUT2D eigenvalue weighted by molar-refractivity contribution is -0.134. The smallest absolute Gasteiger partial charge is 0.244 e. The van der Waals surface area contributed by atoms with E-state index in [9.17, 15) is 4.79 Å². The Labute approximate surface area is 140 Å². The molecule has 1 aromatic carbocycles. The number of aryl methyl sites for hydroxylation is 1. The largest absolute Gasteiger partial charge is 0.381 e. The highest BCUT2D eigenvalue weighted by Gasteiger charge is 2.50. The van der Waals surface area contributed by atoms with Gasteiger partial charge in [-0.15, -0.1) is 0 Å². The van der Waals surface area contributed by atoms with E-state index >= 15 is 0 Å². The minimum atomic E-state index is -0.476. The Kier molecular flexibility index (Phi) is 3.62. The molecule has 2 fully saturated rings. The van der Waals surface area contributed by atoms with Crippen LogP contribution in [-0.4, -0.2) is 51.4 Å². The zero-order valence-electron chi connectivity index (χ0n) is 13.9. The minimum Gasteiger partial charge on any atom is -0.381 e. The van der Waals surface area contributed by atoms with Crippen molar-refractivity contribution in [2.24, 2.45) is 0 Å². The molecule has 7 heteroatoms. The molecule has 2 saturated heterocycles. The Morgan fingerprint density at radius 3 is 2.79 bits per heavy atom. The number of aromatic nitrogens is 3. The Balaban J connectivity index is 1.64. The van der Waals surface area contributed by atoms with E-state index in [2.05, 4.69) is 21.5 Å². The molecule has 7 nitrogen and oxygen atoms in total. The standard InChI is InChI=1S/C17H21N5O2/c1-12-9-13(3-4-14(12)22-11-18-10-19-22)15-20-17(16(23)21(15)2)5-7-24-8-6-17/h3-4,9-11,15,20H,5-8H2,1-2H3. The maximum atomic E-state index is 12.8. The van der Waals surface area contributed by atoms with Gasteiger partial charge in [-0.05, 0) is 37.0 Å². The number of likely N-dealkylation sites (N-methyl/N-ethyl adjacent to an activating group) is 1. The van der Waals surface area contributed by atoms with E-state index in [1.165, 1.54) is 6.33 Å². The fourth-order valence-electron chi connectivity index (χ4n) is 3.70. The summed E-state index contributed by atoms with van der Waals surface area (Å²) < 4.78 is 7.18. The highest BCUT2D eigenvalue weighted by molar-refractivity contribution is 5.89. The van der Waals surface area contributed by atoms with Gasteiger partial charge in [0.1, 0.15) is 24.4 Å². The summed E-state index contributed by atoms with van der Waals surface area (Å²) >= 11 is 0. The van der Waals surface area contributed by atoms with Crippen LogP contribution in [0.2, 0.25) is 0 Å². The molecule has 3 heterocycles. The quantitative estimate of drug-likeness (QED) is 0.897. The number of nitrogens with one attached hydrogen (secondary N) is 1. The summed E-state index contributed by atoms with van der Waals surface area (Å²) in [4.78, 5) is 18.6. The summed E-state index contributed by atoms with van der Waals surface area (Å²) in [7, 11) is 1.87. The number of carbonyl (C=O) groups excluding carboxylic acids is 1. The zero-order valence-corrected chi connectivity index (χ0v) is 13.9. The molecule has 2 aliphatic rings. The van der Waals surface area contributed by atoms with Crippen LogP contribution in [0.15, 0.2) is 30.9 Å². The topological polar surface area (TPSA) is 72.3 Å². The third kappa shape index (κ3) is 2.32. The van der Waals surface area contributed by atoms with Crippen LogP contribution in [-0.2, 0) is 9.53 Å². The SMILES string of the molecule is Cc1cc(C2NC3(CCOCC3)C(=O)N2C)ccc1-n1cncn1. The molecule has 2 aliphatic heterocycles. The number of amides is 1. The lowest BCUT2D eigenvalue weighted by Crippen LogP contribution is -2.50. The molecular weight excluding hydrogens is 306 g/mol. The van der Waals surface area contributed by atoms with Gasteiger partial charge < -0.3 is 9.64 Å². The van der Waals surface area contributed by atoms with Crippen LogP contribution in [0.5, 0.6) is 0 Å². The molecule has 1 unspecified atom stereocenters. The molecule has 0 aliphatic carbocycles. The fourth-order valence-corrected chi connectivity index (χ4v) is 3.70. The molecule has 0 bridgehead atoms. The van der Waals surface area contributed by atoms with Gasteiger partial charge in [0.2, 0.25) is 5.91 Å². The minimum absolute atomic E-state index is 0.112. The van der Waals surface area contributed by atoms with E-state index in [1.54, 1.807) is 11.0 Å². The Morgan fingerprint density at radius 2 is 2.12 bits per heavy atom. The van der Waals surface area contributed by atoms with Crippen LogP contribution < -0.4 is 5.32 Å². The van der Waals surface area contributed by atoms with E-state index in [-0.39, 0.29) is 12.1 Å². The van der Waals surface area contributed by atoms with Crippen LogP contribution in [0.25, 0.3) is 5.69 Å². The van der Waals surface area contributed by atoms with Gasteiger partial charge in [-0.3, -0.25) is 10.1 Å². The molecule has 1 aromatic heterocycles. The zero-order chi connectivity index (χ0) is 16.7. The highest BCUT2D eigenvalue weighted by atomic mass is 16.5. The van der Waals surface area contributed by atoms with E-state index in [0.29, 0.717) is 13.2 Å². The van der Waals surface area contributed by atoms with Crippen molar-refractivity contribution in [1.29, 1.82) is 0 Å². The Hall–Kier alpha value is -2.25. The van der Waals surface area contributed by atoms with Crippen molar-refractivity contribution in [2.45, 2.75) is 31.5 Å². The summed E-state index contributed by atoms with van der Waals surface area (Å²) in [6.45, 7) is 3.30. The molecule has 0 saturated carbocycles. The third-order valence-corrected chi connectivity index (χ3v) is 5.08. The van der Waals surface area contributed by atoms with Crippen molar-refractivity contribution >= 4 is 5.91 Å². The van der Waals surface area contributed by atoms with Crippen molar-refractivity contribution in [3.63, 3.8) is 0 Å². The number of ether oxygens (including phenoxy) is 1. The maximum absolute atomic E-state index is 12.8. The Morgan fingerprint density at radius 1 is 1.33 bits per heavy atom. The Bertz CT molecular complexity index is 752. The summed E-state index contributed by atoms with van der Waals surface area (Å²) in [5.74, 6) is 0.161. The van der Waals surface area contributed by atoms with Crippen molar-refractivity contribution in [3.05, 3.63) is 42.0 Å². The van der Waals surface area contributed by atoms with E-state index in [0.717, 1.165) is 29.7 Å². The first-order valence-electron chi connectivity index (χ1n) is 8.19. The first-order chi connectivity index (χ1) is 11.6. The third-order valence-electron chi connectivity index (χ3n) is 5.08. The molecular formula is C17H21N5O2. The summed E-state index contributed by atoms with van der Waals surface area (Å²) in [5.41, 5.74) is 2.68. The van der Waals surface area contributed by atoms with Gasteiger partial charge in [-0.1, -0.05) is 12.1 Å². The normalized spacial score (nSPS) is 23.2. The van der Waals surface area contributed by atoms with Crippen molar-refractivity contribution in [1.82, 2.24) is 25.0 Å². The summed E-state index contributed by atoms with van der Waals surface area (Å²) in [6, 6.07) is 6.18. The molecule has 24 heavy (non-hydrogen) atoms. The second-order valence-corrected chi connectivity index (χ2v) is 6.54.